The summed E-state index contributed by atoms with van der Waals surface area (Å²) in [6, 6.07) is 6.16. The molecular formula is C18H23N7. The molecule has 0 amide bonds. The zero-order chi connectivity index (χ0) is 17.1. The molecule has 0 spiro atoms. The topological polar surface area (TPSA) is 55.0 Å². The molecule has 0 atom stereocenters. The van der Waals surface area contributed by atoms with Gasteiger partial charge in [0.1, 0.15) is 11.6 Å². The van der Waals surface area contributed by atoms with Crippen LogP contribution in [0.4, 0.5) is 5.82 Å². The molecule has 0 aromatic carbocycles. The number of hydrogen-bond donors (Lipinski definition) is 0. The quantitative estimate of drug-likeness (QED) is 0.707. The molecule has 0 saturated heterocycles. The normalized spacial score (nSPS) is 15.2. The maximum atomic E-state index is 4.66. The first kappa shape index (κ1) is 15.8. The second-order valence-corrected chi connectivity index (χ2v) is 6.41. The number of rotatable bonds is 5. The maximum Gasteiger partial charge on any atom is 0.133 e. The first-order valence-electron chi connectivity index (χ1n) is 8.64. The molecule has 0 N–H and O–H groups in total. The first-order chi connectivity index (χ1) is 12.3. The Morgan fingerprint density at radius 2 is 1.96 bits per heavy atom. The van der Waals surface area contributed by atoms with Crippen LogP contribution in [-0.2, 0) is 26.7 Å². The third kappa shape index (κ3) is 3.56. The molecule has 0 fully saturated rings. The van der Waals surface area contributed by atoms with E-state index in [1.165, 1.54) is 5.56 Å². The number of aromatic nitrogens is 5. The summed E-state index contributed by atoms with van der Waals surface area (Å²) in [5, 5.41) is 4.30. The van der Waals surface area contributed by atoms with Crippen molar-refractivity contribution in [3.63, 3.8) is 0 Å². The lowest BCUT2D eigenvalue weighted by Crippen LogP contribution is -2.34. The van der Waals surface area contributed by atoms with E-state index >= 15 is 0 Å². The van der Waals surface area contributed by atoms with Crippen molar-refractivity contribution in [2.24, 2.45) is 7.05 Å². The predicted octanol–water partition coefficient (Wildman–Crippen LogP) is 1.53. The van der Waals surface area contributed by atoms with E-state index in [1.54, 1.807) is 0 Å². The summed E-state index contributed by atoms with van der Waals surface area (Å²) >= 11 is 0. The lowest BCUT2D eigenvalue weighted by atomic mass is 10.2. The third-order valence-electron chi connectivity index (χ3n) is 4.69. The van der Waals surface area contributed by atoms with Crippen molar-refractivity contribution < 1.29 is 0 Å². The second kappa shape index (κ2) is 7.06. The molecule has 7 heteroatoms. The number of hydrogen-bond acceptors (Lipinski definition) is 5. The van der Waals surface area contributed by atoms with Gasteiger partial charge in [-0.05, 0) is 12.1 Å². The van der Waals surface area contributed by atoms with Crippen LogP contribution in [0.5, 0.6) is 0 Å². The van der Waals surface area contributed by atoms with Gasteiger partial charge >= 0.3 is 0 Å². The lowest BCUT2D eigenvalue weighted by molar-refractivity contribution is 0.259. The van der Waals surface area contributed by atoms with Crippen molar-refractivity contribution in [3.8, 4) is 0 Å². The van der Waals surface area contributed by atoms with E-state index in [1.807, 2.05) is 54.8 Å². The Labute approximate surface area is 147 Å². The van der Waals surface area contributed by atoms with Crippen molar-refractivity contribution in [2.75, 3.05) is 24.5 Å². The summed E-state index contributed by atoms with van der Waals surface area (Å²) in [6.45, 7) is 5.46. The van der Waals surface area contributed by atoms with Crippen molar-refractivity contribution >= 4 is 5.82 Å². The minimum Gasteiger partial charge on any atom is -0.353 e. The zero-order valence-corrected chi connectivity index (χ0v) is 14.5. The Balaban J connectivity index is 1.50. The van der Waals surface area contributed by atoms with Crippen LogP contribution < -0.4 is 4.90 Å². The molecule has 3 aromatic heterocycles. The standard InChI is InChI=1S/C18H23N7/c1-22-9-7-19-17(22)15-23-10-11-24(12-13-25-8-3-6-21-25)18-16(14-23)4-2-5-20-18/h2-9H,10-15H2,1H3. The summed E-state index contributed by atoms with van der Waals surface area (Å²) in [5.74, 6) is 2.19. The Morgan fingerprint density at radius 3 is 2.76 bits per heavy atom. The van der Waals surface area contributed by atoms with E-state index in [2.05, 4.69) is 35.5 Å². The Bertz CT molecular complexity index is 808. The van der Waals surface area contributed by atoms with E-state index in [0.29, 0.717) is 0 Å². The number of nitrogens with zero attached hydrogens (tertiary/aromatic N) is 7. The molecule has 130 valence electrons. The molecule has 0 unspecified atom stereocenters. The lowest BCUT2D eigenvalue weighted by Gasteiger charge is -2.23. The van der Waals surface area contributed by atoms with E-state index in [-0.39, 0.29) is 0 Å². The number of imidazole rings is 1. The van der Waals surface area contributed by atoms with E-state index in [9.17, 15) is 0 Å². The van der Waals surface area contributed by atoms with Crippen LogP contribution >= 0.6 is 0 Å². The first-order valence-corrected chi connectivity index (χ1v) is 8.64. The highest BCUT2D eigenvalue weighted by Gasteiger charge is 2.21. The van der Waals surface area contributed by atoms with Crippen molar-refractivity contribution in [1.29, 1.82) is 0 Å². The average molecular weight is 337 g/mol. The van der Waals surface area contributed by atoms with Crippen molar-refractivity contribution in [2.45, 2.75) is 19.6 Å². The van der Waals surface area contributed by atoms with Crippen LogP contribution in [0, 0.1) is 0 Å². The molecule has 7 nitrogen and oxygen atoms in total. The largest absolute Gasteiger partial charge is 0.353 e. The molecule has 0 bridgehead atoms. The van der Waals surface area contributed by atoms with Gasteiger partial charge in [-0.1, -0.05) is 6.07 Å². The van der Waals surface area contributed by atoms with Gasteiger partial charge in [0.25, 0.3) is 0 Å². The summed E-state index contributed by atoms with van der Waals surface area (Å²) < 4.78 is 4.06. The highest BCUT2D eigenvalue weighted by Crippen LogP contribution is 2.23. The van der Waals surface area contributed by atoms with E-state index < -0.39 is 0 Å². The van der Waals surface area contributed by atoms with Crippen LogP contribution in [0.1, 0.15) is 11.4 Å². The minimum atomic E-state index is 0.852. The van der Waals surface area contributed by atoms with E-state index in [0.717, 1.165) is 50.9 Å². The number of aryl methyl sites for hydroxylation is 1. The van der Waals surface area contributed by atoms with Gasteiger partial charge in [0, 0.05) is 69.8 Å². The summed E-state index contributed by atoms with van der Waals surface area (Å²) in [7, 11) is 2.05. The van der Waals surface area contributed by atoms with Crippen LogP contribution in [0.2, 0.25) is 0 Å². The van der Waals surface area contributed by atoms with Gasteiger partial charge in [-0.2, -0.15) is 5.10 Å². The molecule has 25 heavy (non-hydrogen) atoms. The molecule has 1 aliphatic heterocycles. The molecule has 1 aliphatic rings. The van der Waals surface area contributed by atoms with Crippen LogP contribution in [0.3, 0.4) is 0 Å². The van der Waals surface area contributed by atoms with Gasteiger partial charge in [-0.3, -0.25) is 9.58 Å². The van der Waals surface area contributed by atoms with Crippen LogP contribution in [0.15, 0.2) is 49.2 Å². The Hall–Kier alpha value is -2.67. The molecule has 4 heterocycles. The maximum absolute atomic E-state index is 4.66. The molecular weight excluding hydrogens is 314 g/mol. The summed E-state index contributed by atoms with van der Waals surface area (Å²) in [4.78, 5) is 13.9. The second-order valence-electron chi connectivity index (χ2n) is 6.41. The van der Waals surface area contributed by atoms with Gasteiger partial charge in [-0.25, -0.2) is 9.97 Å². The van der Waals surface area contributed by atoms with Gasteiger partial charge in [0.15, 0.2) is 0 Å². The van der Waals surface area contributed by atoms with Crippen molar-refractivity contribution in [1.82, 2.24) is 29.2 Å². The molecule has 0 aliphatic carbocycles. The fourth-order valence-corrected chi connectivity index (χ4v) is 3.28. The highest BCUT2D eigenvalue weighted by atomic mass is 15.3. The monoisotopic (exact) mass is 337 g/mol. The fourth-order valence-electron chi connectivity index (χ4n) is 3.28. The predicted molar refractivity (Wildman–Crippen MR) is 96.0 cm³/mol. The molecule has 4 rings (SSSR count). The summed E-state index contributed by atoms with van der Waals surface area (Å²) in [6.07, 6.45) is 9.57. The van der Waals surface area contributed by atoms with Crippen LogP contribution in [-0.4, -0.2) is 48.8 Å². The average Bonchev–Trinajstić information content (AvgIpc) is 3.24. The molecule has 0 saturated carbocycles. The Morgan fingerprint density at radius 1 is 1.00 bits per heavy atom. The molecule has 0 radical (unpaired) electrons. The van der Waals surface area contributed by atoms with Gasteiger partial charge in [0.05, 0.1) is 13.1 Å². The van der Waals surface area contributed by atoms with Gasteiger partial charge in [-0.15, -0.1) is 0 Å². The minimum absolute atomic E-state index is 0.852. The van der Waals surface area contributed by atoms with Crippen molar-refractivity contribution in [3.05, 3.63) is 60.6 Å². The summed E-state index contributed by atoms with van der Waals surface area (Å²) in [5.41, 5.74) is 1.27. The van der Waals surface area contributed by atoms with Gasteiger partial charge < -0.3 is 9.47 Å². The molecule has 3 aromatic rings. The number of fused-ring (bicyclic) bond motifs is 1. The Kier molecular flexibility index (Phi) is 4.47. The SMILES string of the molecule is Cn1ccnc1CN1CCN(CCn2cccn2)c2ncccc2C1. The smallest absolute Gasteiger partial charge is 0.133 e. The van der Waals surface area contributed by atoms with E-state index in [4.69, 9.17) is 0 Å². The van der Waals surface area contributed by atoms with Gasteiger partial charge in [0.2, 0.25) is 0 Å². The van der Waals surface area contributed by atoms with Crippen LogP contribution in [0.25, 0.3) is 0 Å². The number of anilines is 1. The third-order valence-corrected chi connectivity index (χ3v) is 4.69. The number of pyridine rings is 1. The zero-order valence-electron chi connectivity index (χ0n) is 14.5. The highest BCUT2D eigenvalue weighted by molar-refractivity contribution is 5.47. The fraction of sp³-hybridized carbons (Fsp3) is 0.389.